The molecular weight excluding hydrogens is 356 g/mol. The highest BCUT2D eigenvalue weighted by atomic mass is 19.1. The van der Waals surface area contributed by atoms with Crippen LogP contribution in [0.5, 0.6) is 0 Å². The van der Waals surface area contributed by atoms with E-state index < -0.39 is 17.8 Å². The minimum atomic E-state index is -0.862. The molecule has 1 unspecified atom stereocenters. The van der Waals surface area contributed by atoms with Crippen LogP contribution >= 0.6 is 0 Å². The Morgan fingerprint density at radius 1 is 1.18 bits per heavy atom. The molecule has 1 amide bonds. The number of hydrogen-bond acceptors (Lipinski definition) is 3. The summed E-state index contributed by atoms with van der Waals surface area (Å²) in [6, 6.07) is 13.3. The Hall–Kier alpha value is -2.34. The van der Waals surface area contributed by atoms with Crippen molar-refractivity contribution in [1.29, 1.82) is 0 Å². The SMILES string of the molecule is [B]c1ccc([C@H](C)N2CC[C@](CCC(C)O)(c3ccc(F)cc3)OC2=O)cc1. The first-order chi connectivity index (χ1) is 13.3. The standard InChI is InChI=1S/C22H25BFNO3/c1-15(26)11-12-22(18-5-9-20(24)10-6-18)13-14-25(21(27)28-22)16(2)17-3-7-19(23)8-4-17/h3-10,15-16,26H,11-14H2,1-2H3/t15?,16-,22+/m0/s1. The highest BCUT2D eigenvalue weighted by Crippen LogP contribution is 2.40. The van der Waals surface area contributed by atoms with E-state index in [9.17, 15) is 14.3 Å². The van der Waals surface area contributed by atoms with Gasteiger partial charge in [0.2, 0.25) is 0 Å². The zero-order valence-electron chi connectivity index (χ0n) is 16.3. The van der Waals surface area contributed by atoms with Crippen LogP contribution in [0.2, 0.25) is 0 Å². The molecule has 1 saturated heterocycles. The van der Waals surface area contributed by atoms with Gasteiger partial charge in [0, 0.05) is 13.0 Å². The number of cyclic esters (lactones) is 1. The zero-order valence-corrected chi connectivity index (χ0v) is 16.3. The third-order valence-electron chi connectivity index (χ3n) is 5.50. The summed E-state index contributed by atoms with van der Waals surface area (Å²) in [6.45, 7) is 4.16. The van der Waals surface area contributed by atoms with Gasteiger partial charge in [-0.2, -0.15) is 0 Å². The smallest absolute Gasteiger partial charge is 0.411 e. The fourth-order valence-electron chi connectivity index (χ4n) is 3.69. The van der Waals surface area contributed by atoms with Crippen molar-refractivity contribution in [2.24, 2.45) is 0 Å². The van der Waals surface area contributed by atoms with E-state index in [4.69, 9.17) is 12.6 Å². The molecule has 2 aromatic rings. The summed E-state index contributed by atoms with van der Waals surface area (Å²) in [5.74, 6) is -0.338. The number of nitrogens with zero attached hydrogens (tertiary/aromatic N) is 1. The van der Waals surface area contributed by atoms with E-state index in [0.717, 1.165) is 11.1 Å². The summed E-state index contributed by atoms with van der Waals surface area (Å²) >= 11 is 0. The van der Waals surface area contributed by atoms with Gasteiger partial charge in [-0.05, 0) is 49.9 Å². The van der Waals surface area contributed by atoms with Gasteiger partial charge in [0.25, 0.3) is 0 Å². The second-order valence-electron chi connectivity index (χ2n) is 7.54. The lowest BCUT2D eigenvalue weighted by Gasteiger charge is -2.44. The molecule has 4 nitrogen and oxygen atoms in total. The van der Waals surface area contributed by atoms with Crippen molar-refractivity contribution < 1.29 is 19.0 Å². The maximum absolute atomic E-state index is 13.4. The Balaban J connectivity index is 1.82. The Labute approximate surface area is 166 Å². The van der Waals surface area contributed by atoms with E-state index in [-0.39, 0.29) is 11.9 Å². The molecule has 3 rings (SSSR count). The second kappa shape index (κ2) is 8.35. The number of aliphatic hydroxyl groups excluding tert-OH is 1. The Morgan fingerprint density at radius 2 is 1.82 bits per heavy atom. The molecule has 1 aliphatic rings. The first kappa shape index (κ1) is 20.4. The van der Waals surface area contributed by atoms with Gasteiger partial charge >= 0.3 is 6.09 Å². The molecule has 0 spiro atoms. The number of benzene rings is 2. The molecule has 2 aromatic carbocycles. The Kier molecular flexibility index (Phi) is 6.09. The van der Waals surface area contributed by atoms with Crippen molar-refractivity contribution in [3.05, 3.63) is 65.5 Å². The maximum atomic E-state index is 13.4. The number of carbonyl (C=O) groups is 1. The fourth-order valence-corrected chi connectivity index (χ4v) is 3.69. The average Bonchev–Trinajstić information content (AvgIpc) is 2.67. The van der Waals surface area contributed by atoms with E-state index in [1.165, 1.54) is 12.1 Å². The third-order valence-corrected chi connectivity index (χ3v) is 5.50. The molecule has 1 aliphatic heterocycles. The minimum absolute atomic E-state index is 0.156. The molecule has 0 bridgehead atoms. The lowest BCUT2D eigenvalue weighted by Crippen LogP contribution is -2.49. The van der Waals surface area contributed by atoms with Gasteiger partial charge in [0.05, 0.1) is 12.1 Å². The summed E-state index contributed by atoms with van der Waals surface area (Å²) in [5.41, 5.74) is 1.54. The summed E-state index contributed by atoms with van der Waals surface area (Å²) in [5, 5.41) is 9.74. The quantitative estimate of drug-likeness (QED) is 0.779. The topological polar surface area (TPSA) is 49.8 Å². The number of rotatable bonds is 6. The molecule has 3 atom stereocenters. The van der Waals surface area contributed by atoms with Crippen LogP contribution in [0.4, 0.5) is 9.18 Å². The van der Waals surface area contributed by atoms with Crippen molar-refractivity contribution in [2.75, 3.05) is 6.54 Å². The lowest BCUT2D eigenvalue weighted by molar-refractivity contribution is -0.0705. The zero-order chi connectivity index (χ0) is 20.3. The molecule has 1 heterocycles. The van der Waals surface area contributed by atoms with Crippen molar-refractivity contribution in [3.8, 4) is 0 Å². The number of aliphatic hydroxyl groups is 1. The molecule has 2 radical (unpaired) electrons. The van der Waals surface area contributed by atoms with Crippen molar-refractivity contribution in [3.63, 3.8) is 0 Å². The maximum Gasteiger partial charge on any atom is 0.411 e. The first-order valence-electron chi connectivity index (χ1n) is 9.60. The van der Waals surface area contributed by atoms with Crippen LogP contribution in [-0.4, -0.2) is 36.6 Å². The molecule has 6 heteroatoms. The molecule has 146 valence electrons. The highest BCUT2D eigenvalue weighted by molar-refractivity contribution is 6.32. The summed E-state index contributed by atoms with van der Waals surface area (Å²) in [4.78, 5) is 14.6. The van der Waals surface area contributed by atoms with E-state index >= 15 is 0 Å². The van der Waals surface area contributed by atoms with Crippen LogP contribution < -0.4 is 5.46 Å². The van der Waals surface area contributed by atoms with Gasteiger partial charge in [0.1, 0.15) is 19.3 Å². The summed E-state index contributed by atoms with van der Waals surface area (Å²) in [6.07, 6.45) is 0.606. The van der Waals surface area contributed by atoms with Crippen molar-refractivity contribution in [1.82, 2.24) is 4.90 Å². The number of ether oxygens (including phenoxy) is 1. The number of amides is 1. The second-order valence-corrected chi connectivity index (χ2v) is 7.54. The number of carbonyl (C=O) groups excluding carboxylic acids is 1. The molecular formula is C22H25BFNO3. The van der Waals surface area contributed by atoms with Gasteiger partial charge in [-0.3, -0.25) is 0 Å². The number of halogens is 1. The largest absolute Gasteiger partial charge is 0.438 e. The predicted octanol–water partition coefficient (Wildman–Crippen LogP) is 3.58. The molecule has 1 fully saturated rings. The van der Waals surface area contributed by atoms with Gasteiger partial charge in [-0.1, -0.05) is 41.9 Å². The van der Waals surface area contributed by atoms with E-state index in [2.05, 4.69) is 0 Å². The normalized spacial score (nSPS) is 21.9. The van der Waals surface area contributed by atoms with Crippen LogP contribution in [0, 0.1) is 5.82 Å². The molecule has 0 aliphatic carbocycles. The summed E-state index contributed by atoms with van der Waals surface area (Å²) in [7, 11) is 5.75. The molecule has 0 aromatic heterocycles. The molecule has 1 N–H and O–H groups in total. The first-order valence-corrected chi connectivity index (χ1v) is 9.60. The molecule has 28 heavy (non-hydrogen) atoms. The minimum Gasteiger partial charge on any atom is -0.438 e. The predicted molar refractivity (Wildman–Crippen MR) is 107 cm³/mol. The van der Waals surface area contributed by atoms with Crippen LogP contribution in [0.1, 0.15) is 50.3 Å². The van der Waals surface area contributed by atoms with Crippen LogP contribution in [0.3, 0.4) is 0 Å². The van der Waals surface area contributed by atoms with Crippen molar-refractivity contribution in [2.45, 2.75) is 50.9 Å². The monoisotopic (exact) mass is 381 g/mol. The Morgan fingerprint density at radius 3 is 2.39 bits per heavy atom. The fraction of sp³-hybridized carbons (Fsp3) is 0.409. The van der Waals surface area contributed by atoms with Gasteiger partial charge in [-0.15, -0.1) is 0 Å². The van der Waals surface area contributed by atoms with E-state index in [1.54, 1.807) is 24.0 Å². The Bertz CT molecular complexity index is 810. The highest BCUT2D eigenvalue weighted by Gasteiger charge is 2.43. The van der Waals surface area contributed by atoms with Gasteiger partial charge in [0.15, 0.2) is 0 Å². The van der Waals surface area contributed by atoms with Crippen LogP contribution in [0.15, 0.2) is 48.5 Å². The molecule has 0 saturated carbocycles. The average molecular weight is 381 g/mol. The third kappa shape index (κ3) is 4.38. The van der Waals surface area contributed by atoms with Crippen LogP contribution in [0.25, 0.3) is 0 Å². The lowest BCUT2D eigenvalue weighted by atomic mass is 9.83. The van der Waals surface area contributed by atoms with E-state index in [1.807, 2.05) is 31.2 Å². The summed E-state index contributed by atoms with van der Waals surface area (Å²) < 4.78 is 19.3. The van der Waals surface area contributed by atoms with Gasteiger partial charge < -0.3 is 14.7 Å². The number of hydrogen-bond donors (Lipinski definition) is 1. The van der Waals surface area contributed by atoms with Crippen molar-refractivity contribution >= 4 is 19.4 Å². The van der Waals surface area contributed by atoms with E-state index in [0.29, 0.717) is 31.3 Å². The van der Waals surface area contributed by atoms with Gasteiger partial charge in [-0.25, -0.2) is 9.18 Å². The van der Waals surface area contributed by atoms with Crippen LogP contribution in [-0.2, 0) is 10.3 Å².